The Hall–Kier alpha value is -3.50. The number of unbranched alkanes of at least 4 members (excludes halogenated alkanes) is 1. The molecule has 170 valence electrons. The first-order valence-corrected chi connectivity index (χ1v) is 9.66. The van der Waals surface area contributed by atoms with Crippen molar-refractivity contribution in [3.63, 3.8) is 0 Å². The standard InChI is InChI=1S/C20H26FN3O7/c1-12(25)15(9-10-17(26)27)23-20(31)24-16(19(29)30)4-2-3-11-22-18(28)13-5-7-14(21)8-6-13/h5-8,15-16H,2-4,9-11H2,1H3,(H,22,28)(H,26,27)(H,29,30)(H2,23,24,31)/i21-1. The van der Waals surface area contributed by atoms with Gasteiger partial charge in [-0.3, -0.25) is 14.4 Å². The van der Waals surface area contributed by atoms with Gasteiger partial charge in [0.15, 0.2) is 5.78 Å². The number of urea groups is 1. The van der Waals surface area contributed by atoms with Crippen LogP contribution in [-0.2, 0) is 14.4 Å². The van der Waals surface area contributed by atoms with Gasteiger partial charge in [0.05, 0.1) is 6.04 Å². The SMILES string of the molecule is CC(=O)C(CCC(=O)O)NC(=O)NC(CCCCNC(=O)c1ccc([18F])cc1)C(=O)O. The number of carbonyl (C=O) groups is 5. The van der Waals surface area contributed by atoms with Gasteiger partial charge in [-0.25, -0.2) is 14.0 Å². The highest BCUT2D eigenvalue weighted by atomic mass is 18.2. The van der Waals surface area contributed by atoms with E-state index in [1.54, 1.807) is 0 Å². The Morgan fingerprint density at radius 2 is 1.55 bits per heavy atom. The fourth-order valence-electron chi connectivity index (χ4n) is 2.64. The summed E-state index contributed by atoms with van der Waals surface area (Å²) in [7, 11) is 0. The van der Waals surface area contributed by atoms with Crippen LogP contribution in [0.3, 0.4) is 0 Å². The number of aliphatic carboxylic acids is 2. The molecular formula is C20H26FN3O7. The molecule has 1 aromatic carbocycles. The zero-order chi connectivity index (χ0) is 23.4. The lowest BCUT2D eigenvalue weighted by molar-refractivity contribution is -0.139. The number of carboxylic acids is 2. The van der Waals surface area contributed by atoms with Crippen molar-refractivity contribution in [3.05, 3.63) is 35.6 Å². The number of nitrogens with one attached hydrogen (secondary N) is 3. The average Bonchev–Trinajstić information content (AvgIpc) is 2.69. The third-order valence-corrected chi connectivity index (χ3v) is 4.36. The number of hydrogen-bond acceptors (Lipinski definition) is 5. The van der Waals surface area contributed by atoms with Crippen LogP contribution >= 0.6 is 0 Å². The Balaban J connectivity index is 2.41. The fraction of sp³-hybridized carbons (Fsp3) is 0.450. The zero-order valence-corrected chi connectivity index (χ0v) is 17.0. The Labute approximate surface area is 178 Å². The third kappa shape index (κ3) is 10.2. The van der Waals surface area contributed by atoms with Crippen molar-refractivity contribution < 1.29 is 38.6 Å². The molecule has 0 saturated carbocycles. The summed E-state index contributed by atoms with van der Waals surface area (Å²) in [6.07, 6.45) is 0.458. The van der Waals surface area contributed by atoms with Crippen LogP contribution in [0.25, 0.3) is 0 Å². The van der Waals surface area contributed by atoms with E-state index in [9.17, 15) is 33.5 Å². The molecule has 0 aliphatic heterocycles. The van der Waals surface area contributed by atoms with Gasteiger partial charge < -0.3 is 26.2 Å². The van der Waals surface area contributed by atoms with Crippen LogP contribution in [0.4, 0.5) is 9.18 Å². The fourth-order valence-corrected chi connectivity index (χ4v) is 2.64. The van der Waals surface area contributed by atoms with Gasteiger partial charge in [-0.05, 0) is 56.9 Å². The Morgan fingerprint density at radius 1 is 0.935 bits per heavy atom. The monoisotopic (exact) mass is 438 g/mol. The number of amides is 3. The molecule has 10 nitrogen and oxygen atoms in total. The van der Waals surface area contributed by atoms with Crippen LogP contribution in [0, 0.1) is 5.82 Å². The highest BCUT2D eigenvalue weighted by Gasteiger charge is 2.23. The van der Waals surface area contributed by atoms with E-state index in [0.717, 1.165) is 0 Å². The molecule has 0 saturated heterocycles. The largest absolute Gasteiger partial charge is 0.481 e. The first kappa shape index (κ1) is 25.5. The molecule has 0 fully saturated rings. The van der Waals surface area contributed by atoms with Gasteiger partial charge in [-0.2, -0.15) is 0 Å². The summed E-state index contributed by atoms with van der Waals surface area (Å²) < 4.78 is 12.9. The van der Waals surface area contributed by atoms with Crippen LogP contribution in [0.5, 0.6) is 0 Å². The quantitative estimate of drug-likeness (QED) is 0.290. The highest BCUT2D eigenvalue weighted by Crippen LogP contribution is 2.05. The van der Waals surface area contributed by atoms with Gasteiger partial charge in [-0.15, -0.1) is 0 Å². The van der Waals surface area contributed by atoms with Crippen molar-refractivity contribution in [2.75, 3.05) is 6.54 Å². The lowest BCUT2D eigenvalue weighted by Gasteiger charge is -2.19. The summed E-state index contributed by atoms with van der Waals surface area (Å²) in [6, 6.07) is 1.88. The predicted octanol–water partition coefficient (Wildman–Crippen LogP) is 1.30. The maximum atomic E-state index is 12.9. The van der Waals surface area contributed by atoms with Gasteiger partial charge in [0, 0.05) is 18.5 Å². The molecule has 0 spiro atoms. The van der Waals surface area contributed by atoms with Crippen LogP contribution < -0.4 is 16.0 Å². The minimum atomic E-state index is -1.27. The average molecular weight is 438 g/mol. The second kappa shape index (κ2) is 12.9. The van der Waals surface area contributed by atoms with Crippen molar-refractivity contribution in [2.24, 2.45) is 0 Å². The highest BCUT2D eigenvalue weighted by molar-refractivity contribution is 5.94. The minimum absolute atomic E-state index is 0.0784. The molecular weight excluding hydrogens is 412 g/mol. The van der Waals surface area contributed by atoms with E-state index in [-0.39, 0.29) is 31.7 Å². The molecule has 1 rings (SSSR count). The number of Topliss-reactive ketones (excluding diaryl/α,β-unsaturated/α-hetero) is 1. The van der Waals surface area contributed by atoms with Gasteiger partial charge in [-0.1, -0.05) is 0 Å². The third-order valence-electron chi connectivity index (χ3n) is 4.36. The summed E-state index contributed by atoms with van der Waals surface area (Å²) >= 11 is 0. The van der Waals surface area contributed by atoms with Gasteiger partial charge in [0.1, 0.15) is 11.9 Å². The molecule has 5 N–H and O–H groups in total. The molecule has 2 atom stereocenters. The number of hydrogen-bond donors (Lipinski definition) is 5. The van der Waals surface area contributed by atoms with Crippen molar-refractivity contribution >= 4 is 29.7 Å². The molecule has 3 amide bonds. The van der Waals surface area contributed by atoms with Crippen molar-refractivity contribution in [1.29, 1.82) is 0 Å². The molecule has 0 radical (unpaired) electrons. The number of rotatable bonds is 13. The van der Waals surface area contributed by atoms with Gasteiger partial charge in [0.2, 0.25) is 0 Å². The smallest absolute Gasteiger partial charge is 0.326 e. The van der Waals surface area contributed by atoms with Gasteiger partial charge in [0.25, 0.3) is 5.91 Å². The van der Waals surface area contributed by atoms with E-state index < -0.39 is 41.7 Å². The molecule has 0 heterocycles. The van der Waals surface area contributed by atoms with E-state index >= 15 is 0 Å². The lowest BCUT2D eigenvalue weighted by Crippen LogP contribution is -2.50. The number of carboxylic acid groups (broad SMARTS) is 2. The molecule has 0 aliphatic rings. The van der Waals surface area contributed by atoms with Gasteiger partial charge >= 0.3 is 18.0 Å². The molecule has 0 bridgehead atoms. The second-order valence-electron chi connectivity index (χ2n) is 6.86. The van der Waals surface area contributed by atoms with Crippen LogP contribution in [0.1, 0.15) is 49.4 Å². The topological polar surface area (TPSA) is 162 Å². The summed E-state index contributed by atoms with van der Waals surface area (Å²) in [4.78, 5) is 57.4. The zero-order valence-electron chi connectivity index (χ0n) is 17.0. The summed E-state index contributed by atoms with van der Waals surface area (Å²) in [5, 5.41) is 25.1. The minimum Gasteiger partial charge on any atom is -0.481 e. The maximum Gasteiger partial charge on any atom is 0.326 e. The molecule has 2 unspecified atom stereocenters. The molecule has 31 heavy (non-hydrogen) atoms. The van der Waals surface area contributed by atoms with E-state index in [4.69, 9.17) is 5.11 Å². The maximum absolute atomic E-state index is 12.9. The van der Waals surface area contributed by atoms with E-state index in [1.807, 2.05) is 0 Å². The van der Waals surface area contributed by atoms with Crippen molar-refractivity contribution in [3.8, 4) is 0 Å². The first-order chi connectivity index (χ1) is 14.6. The Kier molecular flexibility index (Phi) is 10.7. The molecule has 11 heteroatoms. The Bertz CT molecular complexity index is 798. The summed E-state index contributed by atoms with van der Waals surface area (Å²) in [6.45, 7) is 1.46. The van der Waals surface area contributed by atoms with E-state index in [2.05, 4.69) is 16.0 Å². The predicted molar refractivity (Wildman–Crippen MR) is 107 cm³/mol. The van der Waals surface area contributed by atoms with Crippen molar-refractivity contribution in [1.82, 2.24) is 16.0 Å². The normalized spacial score (nSPS) is 12.3. The number of ketones is 1. The van der Waals surface area contributed by atoms with E-state index in [1.165, 1.54) is 31.2 Å². The van der Waals surface area contributed by atoms with Crippen LogP contribution in [0.2, 0.25) is 0 Å². The number of halogens is 1. The second-order valence-corrected chi connectivity index (χ2v) is 6.86. The van der Waals surface area contributed by atoms with E-state index in [0.29, 0.717) is 18.4 Å². The first-order valence-electron chi connectivity index (χ1n) is 9.66. The van der Waals surface area contributed by atoms with Crippen LogP contribution in [-0.4, -0.2) is 58.5 Å². The summed E-state index contributed by atoms with van der Waals surface area (Å²) in [5.74, 6) is -3.67. The number of benzene rings is 1. The van der Waals surface area contributed by atoms with Crippen molar-refractivity contribution in [2.45, 2.75) is 51.1 Å². The molecule has 0 aromatic heterocycles. The molecule has 0 aliphatic carbocycles. The summed E-state index contributed by atoms with van der Waals surface area (Å²) in [5.41, 5.74) is 0.297. The van der Waals surface area contributed by atoms with Crippen LogP contribution in [0.15, 0.2) is 24.3 Å². The number of carbonyl (C=O) groups excluding carboxylic acids is 3. The lowest BCUT2D eigenvalue weighted by atomic mass is 10.1. The molecule has 1 aromatic rings. The Morgan fingerprint density at radius 3 is 2.10 bits per heavy atom.